The number of hydrogen-bond donors (Lipinski definition) is 2. The van der Waals surface area contributed by atoms with Crippen LogP contribution < -0.4 is 0 Å². The average Bonchev–Trinajstić information content (AvgIpc) is 2.40. The predicted molar refractivity (Wildman–Crippen MR) is 67.5 cm³/mol. The van der Waals surface area contributed by atoms with Gasteiger partial charge in [-0.1, -0.05) is 12.8 Å². The Labute approximate surface area is 104 Å². The highest BCUT2D eigenvalue weighted by atomic mass is 16.3. The van der Waals surface area contributed by atoms with Gasteiger partial charge in [0.15, 0.2) is 0 Å². The molecule has 2 fully saturated rings. The number of piperidine rings is 2. The van der Waals surface area contributed by atoms with E-state index in [1.807, 2.05) is 0 Å². The van der Waals surface area contributed by atoms with E-state index in [0.29, 0.717) is 12.1 Å². The van der Waals surface area contributed by atoms with Gasteiger partial charge in [-0.15, -0.1) is 0 Å². The first-order chi connectivity index (χ1) is 8.36. The van der Waals surface area contributed by atoms with Crippen LogP contribution in [0.2, 0.25) is 0 Å². The largest absolute Gasteiger partial charge is 0.396 e. The first-order valence-corrected chi connectivity index (χ1v) is 7.11. The number of rotatable bonds is 4. The second kappa shape index (κ2) is 6.69. The van der Waals surface area contributed by atoms with Crippen molar-refractivity contribution in [1.29, 1.82) is 0 Å². The van der Waals surface area contributed by atoms with E-state index >= 15 is 0 Å². The third-order valence-electron chi connectivity index (χ3n) is 4.20. The van der Waals surface area contributed by atoms with Crippen molar-refractivity contribution in [1.82, 2.24) is 10.0 Å². The second-order valence-corrected chi connectivity index (χ2v) is 5.32. The minimum absolute atomic E-state index is 0.266. The second-order valence-electron chi connectivity index (χ2n) is 5.32. The van der Waals surface area contributed by atoms with Crippen LogP contribution in [0.5, 0.6) is 0 Å². The van der Waals surface area contributed by atoms with Gasteiger partial charge >= 0.3 is 0 Å². The molecule has 2 unspecified atom stereocenters. The highest BCUT2D eigenvalue weighted by Crippen LogP contribution is 2.26. The molecule has 2 heterocycles. The summed E-state index contributed by atoms with van der Waals surface area (Å²) < 4.78 is 0. The molecule has 2 aliphatic rings. The summed E-state index contributed by atoms with van der Waals surface area (Å²) in [6.45, 7) is 2.72. The minimum Gasteiger partial charge on any atom is -0.396 e. The number of nitrogens with zero attached hydrogens (tertiary/aromatic N) is 2. The topological polar surface area (TPSA) is 46.9 Å². The first-order valence-electron chi connectivity index (χ1n) is 7.11. The van der Waals surface area contributed by atoms with Crippen molar-refractivity contribution < 1.29 is 10.2 Å². The molecule has 2 rings (SSSR count). The number of aliphatic hydroxyl groups is 2. The monoisotopic (exact) mass is 242 g/mol. The lowest BCUT2D eigenvalue weighted by Gasteiger charge is -2.48. The van der Waals surface area contributed by atoms with Crippen LogP contribution in [0.4, 0.5) is 0 Å². The van der Waals surface area contributed by atoms with Crippen LogP contribution in [0.15, 0.2) is 0 Å². The maximum Gasteiger partial charge on any atom is 0.0600 e. The Morgan fingerprint density at radius 1 is 0.824 bits per heavy atom. The van der Waals surface area contributed by atoms with Crippen molar-refractivity contribution in [3.63, 3.8) is 0 Å². The predicted octanol–water partition coefficient (Wildman–Crippen LogP) is 0.985. The fraction of sp³-hybridized carbons (Fsp3) is 1.00. The zero-order valence-electron chi connectivity index (χ0n) is 10.7. The summed E-state index contributed by atoms with van der Waals surface area (Å²) >= 11 is 0. The lowest BCUT2D eigenvalue weighted by atomic mass is 9.99. The molecule has 0 aromatic carbocycles. The SMILES string of the molecule is OCCC1CCCCN1N1CCCCC1CO. The maximum atomic E-state index is 9.49. The Morgan fingerprint density at radius 3 is 2.00 bits per heavy atom. The van der Waals surface area contributed by atoms with Crippen LogP contribution in [0.1, 0.15) is 44.9 Å². The Kier molecular flexibility index (Phi) is 5.22. The molecule has 0 aromatic heterocycles. The van der Waals surface area contributed by atoms with Crippen molar-refractivity contribution in [3.05, 3.63) is 0 Å². The molecule has 2 N–H and O–H groups in total. The van der Waals surface area contributed by atoms with E-state index in [1.54, 1.807) is 0 Å². The van der Waals surface area contributed by atoms with Crippen molar-refractivity contribution in [3.8, 4) is 0 Å². The van der Waals surface area contributed by atoms with Crippen LogP contribution in [-0.4, -0.2) is 58.6 Å². The van der Waals surface area contributed by atoms with E-state index in [9.17, 15) is 5.11 Å². The van der Waals surface area contributed by atoms with E-state index in [1.165, 1.54) is 32.1 Å². The zero-order chi connectivity index (χ0) is 12.1. The standard InChI is InChI=1S/C13H26N2O2/c16-10-7-12-5-1-3-8-14(12)15-9-4-2-6-13(15)11-17/h12-13,16-17H,1-11H2. The molecule has 0 aliphatic carbocycles. The maximum absolute atomic E-state index is 9.49. The molecule has 0 spiro atoms. The molecule has 0 bridgehead atoms. The smallest absolute Gasteiger partial charge is 0.0600 e. The summed E-state index contributed by atoms with van der Waals surface area (Å²) in [5.74, 6) is 0. The quantitative estimate of drug-likeness (QED) is 0.771. The van der Waals surface area contributed by atoms with E-state index in [0.717, 1.165) is 25.9 Å². The fourth-order valence-corrected chi connectivity index (χ4v) is 3.28. The van der Waals surface area contributed by atoms with Gasteiger partial charge in [-0.25, -0.2) is 10.0 Å². The van der Waals surface area contributed by atoms with Crippen LogP contribution in [0.3, 0.4) is 0 Å². The molecule has 17 heavy (non-hydrogen) atoms. The van der Waals surface area contributed by atoms with Crippen LogP contribution >= 0.6 is 0 Å². The number of aliphatic hydroxyl groups excluding tert-OH is 2. The van der Waals surface area contributed by atoms with Gasteiger partial charge in [-0.3, -0.25) is 0 Å². The van der Waals surface area contributed by atoms with Gasteiger partial charge in [0.25, 0.3) is 0 Å². The van der Waals surface area contributed by atoms with Gasteiger partial charge in [0.05, 0.1) is 6.61 Å². The molecule has 4 nitrogen and oxygen atoms in total. The lowest BCUT2D eigenvalue weighted by Crippen LogP contribution is -2.57. The average molecular weight is 242 g/mol. The molecule has 0 radical (unpaired) electrons. The normalized spacial score (nSPS) is 32.8. The molecule has 0 amide bonds. The van der Waals surface area contributed by atoms with Crippen LogP contribution in [-0.2, 0) is 0 Å². The van der Waals surface area contributed by atoms with Gasteiger partial charge in [0, 0.05) is 31.8 Å². The van der Waals surface area contributed by atoms with Crippen molar-refractivity contribution in [2.24, 2.45) is 0 Å². The highest BCUT2D eigenvalue weighted by Gasteiger charge is 2.32. The molecule has 0 aromatic rings. The molecule has 0 saturated carbocycles. The van der Waals surface area contributed by atoms with Crippen molar-refractivity contribution in [2.75, 3.05) is 26.3 Å². The molecular formula is C13H26N2O2. The Bertz CT molecular complexity index is 223. The summed E-state index contributed by atoms with van der Waals surface area (Å²) in [4.78, 5) is 0. The summed E-state index contributed by atoms with van der Waals surface area (Å²) in [6, 6.07) is 0.795. The van der Waals surface area contributed by atoms with E-state index in [4.69, 9.17) is 5.11 Å². The Balaban J connectivity index is 2.00. The molecular weight excluding hydrogens is 216 g/mol. The highest BCUT2D eigenvalue weighted by molar-refractivity contribution is 4.81. The van der Waals surface area contributed by atoms with Crippen molar-refractivity contribution in [2.45, 2.75) is 57.0 Å². The van der Waals surface area contributed by atoms with Gasteiger partial charge in [0.2, 0.25) is 0 Å². The van der Waals surface area contributed by atoms with Crippen molar-refractivity contribution >= 4 is 0 Å². The molecule has 100 valence electrons. The number of hydrogen-bond acceptors (Lipinski definition) is 4. The Hall–Kier alpha value is -0.160. The van der Waals surface area contributed by atoms with Crippen LogP contribution in [0, 0.1) is 0 Å². The van der Waals surface area contributed by atoms with Gasteiger partial charge < -0.3 is 10.2 Å². The van der Waals surface area contributed by atoms with Crippen LogP contribution in [0.25, 0.3) is 0 Å². The summed E-state index contributed by atoms with van der Waals surface area (Å²) in [5, 5.41) is 23.5. The van der Waals surface area contributed by atoms with E-state index < -0.39 is 0 Å². The van der Waals surface area contributed by atoms with E-state index in [2.05, 4.69) is 10.0 Å². The molecule has 2 aliphatic heterocycles. The first kappa shape index (κ1) is 13.3. The summed E-state index contributed by atoms with van der Waals surface area (Å²) in [5.41, 5.74) is 0. The van der Waals surface area contributed by atoms with Gasteiger partial charge in [-0.2, -0.15) is 0 Å². The summed E-state index contributed by atoms with van der Waals surface area (Å²) in [7, 11) is 0. The third kappa shape index (κ3) is 3.19. The lowest BCUT2D eigenvalue weighted by molar-refractivity contribution is -0.132. The zero-order valence-corrected chi connectivity index (χ0v) is 10.7. The Morgan fingerprint density at radius 2 is 1.41 bits per heavy atom. The summed E-state index contributed by atoms with van der Waals surface area (Å²) in [6.07, 6.45) is 8.16. The molecule has 4 heteroatoms. The minimum atomic E-state index is 0.266. The fourth-order valence-electron chi connectivity index (χ4n) is 3.28. The van der Waals surface area contributed by atoms with Gasteiger partial charge in [0.1, 0.15) is 0 Å². The van der Waals surface area contributed by atoms with Gasteiger partial charge in [-0.05, 0) is 32.1 Å². The van der Waals surface area contributed by atoms with E-state index in [-0.39, 0.29) is 13.2 Å². The molecule has 2 saturated heterocycles. The molecule has 2 atom stereocenters. The number of hydrazine groups is 1. The third-order valence-corrected chi connectivity index (χ3v) is 4.20.